The van der Waals surface area contributed by atoms with Crippen molar-refractivity contribution in [3.05, 3.63) is 17.7 Å². The van der Waals surface area contributed by atoms with Crippen LogP contribution in [0.1, 0.15) is 23.2 Å². The van der Waals surface area contributed by atoms with E-state index < -0.39 is 21.0 Å². The highest BCUT2D eigenvalue weighted by Gasteiger charge is 2.27. The van der Waals surface area contributed by atoms with E-state index in [-0.39, 0.29) is 24.1 Å². The Morgan fingerprint density at radius 1 is 1.50 bits per heavy atom. The summed E-state index contributed by atoms with van der Waals surface area (Å²) in [6.45, 7) is 3.22. The Bertz CT molecular complexity index is 719. The summed E-state index contributed by atoms with van der Waals surface area (Å²) < 4.78 is 35.8. The largest absolute Gasteiger partial charge is 0.462 e. The van der Waals surface area contributed by atoms with Gasteiger partial charge in [0.15, 0.2) is 5.03 Å². The molecule has 0 amide bonds. The Morgan fingerprint density at radius 2 is 2.25 bits per heavy atom. The maximum absolute atomic E-state index is 12.1. The highest BCUT2D eigenvalue weighted by Crippen LogP contribution is 2.17. The number of hydrogen-bond acceptors (Lipinski definition) is 8. The van der Waals surface area contributed by atoms with Crippen molar-refractivity contribution < 1.29 is 22.4 Å². The van der Waals surface area contributed by atoms with Crippen LogP contribution >= 0.6 is 0 Å². The topological polar surface area (TPSA) is 140 Å². The van der Waals surface area contributed by atoms with Crippen molar-refractivity contribution in [3.63, 3.8) is 0 Å². The molecule has 0 spiro atoms. The molecule has 0 aliphatic carbocycles. The number of carbonyl (C=O) groups is 1. The van der Waals surface area contributed by atoms with Crippen molar-refractivity contribution in [2.24, 2.45) is 0 Å². The molecule has 0 atom stereocenters. The van der Waals surface area contributed by atoms with Crippen LogP contribution < -0.4 is 4.72 Å². The first kappa shape index (κ1) is 14.0. The van der Waals surface area contributed by atoms with Crippen molar-refractivity contribution in [1.82, 2.24) is 20.4 Å². The van der Waals surface area contributed by atoms with Crippen LogP contribution in [0.3, 0.4) is 0 Å². The minimum atomic E-state index is -4.12. The molecule has 2 N–H and O–H groups in total. The number of esters is 1. The zero-order valence-corrected chi connectivity index (χ0v) is 11.4. The standard InChI is InChI=1S/C9H11N5O5S/c1-3-18-8(15)6-4-10-12-7(6)20(16,17)14-9-13-11-5(2)19-9/h4H,3H2,1-2H3,(H,10,12)(H,13,14). The summed E-state index contributed by atoms with van der Waals surface area (Å²) in [6, 6.07) is -0.313. The molecule has 108 valence electrons. The fraction of sp³-hybridized carbons (Fsp3) is 0.333. The summed E-state index contributed by atoms with van der Waals surface area (Å²) in [7, 11) is -4.12. The lowest BCUT2D eigenvalue weighted by Gasteiger charge is -2.04. The van der Waals surface area contributed by atoms with Gasteiger partial charge in [0.1, 0.15) is 5.56 Å². The van der Waals surface area contributed by atoms with Gasteiger partial charge in [0.05, 0.1) is 12.8 Å². The van der Waals surface area contributed by atoms with E-state index in [2.05, 4.69) is 20.4 Å². The number of aromatic amines is 1. The van der Waals surface area contributed by atoms with Gasteiger partial charge in [-0.3, -0.25) is 5.10 Å². The van der Waals surface area contributed by atoms with Crippen LogP contribution in [-0.2, 0) is 14.8 Å². The van der Waals surface area contributed by atoms with Gasteiger partial charge in [0.25, 0.3) is 10.0 Å². The van der Waals surface area contributed by atoms with Crippen molar-refractivity contribution >= 4 is 22.0 Å². The first-order valence-electron chi connectivity index (χ1n) is 5.47. The number of anilines is 1. The van der Waals surface area contributed by atoms with Crippen LogP contribution in [0, 0.1) is 6.92 Å². The van der Waals surface area contributed by atoms with Crippen LogP contribution in [0.2, 0.25) is 0 Å². The summed E-state index contributed by atoms with van der Waals surface area (Å²) in [5, 5.41) is 12.3. The zero-order valence-electron chi connectivity index (χ0n) is 10.6. The molecule has 10 nitrogen and oxygen atoms in total. The van der Waals surface area contributed by atoms with Crippen LogP contribution in [0.25, 0.3) is 0 Å². The maximum atomic E-state index is 12.1. The predicted molar refractivity (Wildman–Crippen MR) is 64.4 cm³/mol. The number of nitrogens with one attached hydrogen (secondary N) is 2. The van der Waals surface area contributed by atoms with E-state index in [4.69, 9.17) is 9.15 Å². The lowest BCUT2D eigenvalue weighted by molar-refractivity contribution is 0.0522. The van der Waals surface area contributed by atoms with Crippen LogP contribution in [0.15, 0.2) is 15.6 Å². The average Bonchev–Trinajstić information content (AvgIpc) is 2.98. The lowest BCUT2D eigenvalue weighted by Crippen LogP contribution is -2.18. The first-order chi connectivity index (χ1) is 9.44. The highest BCUT2D eigenvalue weighted by molar-refractivity contribution is 7.92. The molecule has 2 heterocycles. The Morgan fingerprint density at radius 3 is 2.85 bits per heavy atom. The number of hydrogen-bond donors (Lipinski definition) is 2. The van der Waals surface area contributed by atoms with Crippen LogP contribution in [-0.4, -0.2) is 41.4 Å². The van der Waals surface area contributed by atoms with Gasteiger partial charge in [0, 0.05) is 6.92 Å². The molecule has 2 aromatic rings. The average molecular weight is 301 g/mol. The van der Waals surface area contributed by atoms with Gasteiger partial charge in [-0.1, -0.05) is 5.10 Å². The molecular weight excluding hydrogens is 290 g/mol. The number of aryl methyl sites for hydroxylation is 1. The number of aromatic nitrogens is 4. The van der Waals surface area contributed by atoms with Crippen molar-refractivity contribution in [2.45, 2.75) is 18.9 Å². The fourth-order valence-corrected chi connectivity index (χ4v) is 2.35. The van der Waals surface area contributed by atoms with Gasteiger partial charge < -0.3 is 9.15 Å². The van der Waals surface area contributed by atoms with Gasteiger partial charge in [0.2, 0.25) is 5.89 Å². The van der Waals surface area contributed by atoms with Gasteiger partial charge in [-0.25, -0.2) is 9.52 Å². The third-order valence-electron chi connectivity index (χ3n) is 2.12. The minimum Gasteiger partial charge on any atom is -0.462 e. The Balaban J connectivity index is 2.30. The van der Waals surface area contributed by atoms with E-state index >= 15 is 0 Å². The minimum absolute atomic E-state index is 0.111. The molecule has 2 aromatic heterocycles. The molecule has 0 bridgehead atoms. The lowest BCUT2D eigenvalue weighted by atomic mass is 10.4. The molecule has 11 heteroatoms. The predicted octanol–water partition coefficient (Wildman–Crippen LogP) is 0.0786. The second kappa shape index (κ2) is 5.28. The van der Waals surface area contributed by atoms with Crippen molar-refractivity contribution in [3.8, 4) is 0 Å². The van der Waals surface area contributed by atoms with E-state index in [0.717, 1.165) is 6.20 Å². The maximum Gasteiger partial charge on any atom is 0.342 e. The molecule has 0 unspecified atom stereocenters. The second-order valence-corrected chi connectivity index (χ2v) is 5.18. The molecule has 0 aromatic carbocycles. The monoisotopic (exact) mass is 301 g/mol. The number of H-pyrrole nitrogens is 1. The highest BCUT2D eigenvalue weighted by atomic mass is 32.2. The number of ether oxygens (including phenoxy) is 1. The number of sulfonamides is 1. The molecule has 0 radical (unpaired) electrons. The third-order valence-corrected chi connectivity index (χ3v) is 3.41. The molecule has 0 aliphatic rings. The Hall–Kier alpha value is -2.43. The Labute approximate surface area is 113 Å². The van der Waals surface area contributed by atoms with Crippen LogP contribution in [0.5, 0.6) is 0 Å². The van der Waals surface area contributed by atoms with E-state index in [1.54, 1.807) is 6.92 Å². The molecule has 0 saturated carbocycles. The fourth-order valence-electron chi connectivity index (χ4n) is 1.34. The number of nitrogens with zero attached hydrogens (tertiary/aromatic N) is 3. The van der Waals surface area contributed by atoms with E-state index in [1.807, 2.05) is 4.72 Å². The normalized spacial score (nSPS) is 11.3. The zero-order chi connectivity index (χ0) is 14.8. The van der Waals surface area contributed by atoms with Crippen LogP contribution in [0.4, 0.5) is 6.01 Å². The molecule has 0 saturated heterocycles. The quantitative estimate of drug-likeness (QED) is 0.740. The molecule has 2 rings (SSSR count). The smallest absolute Gasteiger partial charge is 0.342 e. The summed E-state index contributed by atoms with van der Waals surface area (Å²) in [4.78, 5) is 11.6. The van der Waals surface area contributed by atoms with Gasteiger partial charge in [-0.15, -0.1) is 5.10 Å². The number of rotatable bonds is 5. The second-order valence-electron chi connectivity index (χ2n) is 3.57. The van der Waals surface area contributed by atoms with E-state index in [0.29, 0.717) is 0 Å². The van der Waals surface area contributed by atoms with E-state index in [1.165, 1.54) is 6.92 Å². The Kier molecular flexibility index (Phi) is 3.70. The summed E-state index contributed by atoms with van der Waals surface area (Å²) in [5.41, 5.74) is -0.212. The first-order valence-corrected chi connectivity index (χ1v) is 6.95. The third kappa shape index (κ3) is 2.77. The van der Waals surface area contributed by atoms with Crippen molar-refractivity contribution in [2.75, 3.05) is 11.3 Å². The number of carbonyl (C=O) groups excluding carboxylic acids is 1. The van der Waals surface area contributed by atoms with Crippen molar-refractivity contribution in [1.29, 1.82) is 0 Å². The molecule has 0 fully saturated rings. The van der Waals surface area contributed by atoms with Gasteiger partial charge in [-0.05, 0) is 6.92 Å². The molecular formula is C9H11N5O5S. The summed E-state index contributed by atoms with van der Waals surface area (Å²) in [6.07, 6.45) is 1.06. The summed E-state index contributed by atoms with van der Waals surface area (Å²) in [5.74, 6) is -0.610. The van der Waals surface area contributed by atoms with E-state index in [9.17, 15) is 13.2 Å². The molecule has 0 aliphatic heterocycles. The SMILES string of the molecule is CCOC(=O)c1cn[nH]c1S(=O)(=O)Nc1nnc(C)o1. The van der Waals surface area contributed by atoms with Gasteiger partial charge >= 0.3 is 12.0 Å². The summed E-state index contributed by atoms with van der Waals surface area (Å²) >= 11 is 0. The van der Waals surface area contributed by atoms with Gasteiger partial charge in [-0.2, -0.15) is 13.5 Å². The molecule has 20 heavy (non-hydrogen) atoms.